The van der Waals surface area contributed by atoms with E-state index in [2.05, 4.69) is 31.4 Å². The summed E-state index contributed by atoms with van der Waals surface area (Å²) in [4.78, 5) is 22.9. The predicted molar refractivity (Wildman–Crippen MR) is 98.3 cm³/mol. The van der Waals surface area contributed by atoms with Gasteiger partial charge < -0.3 is 10.4 Å². The fourth-order valence-corrected chi connectivity index (χ4v) is 2.86. The molecular weight excluding hydrogens is 426 g/mol. The molecule has 0 unspecified atom stereocenters. The summed E-state index contributed by atoms with van der Waals surface area (Å²) in [5.74, 6) is -1.20. The van der Waals surface area contributed by atoms with Gasteiger partial charge in [0.15, 0.2) is 11.5 Å². The lowest BCUT2D eigenvalue weighted by atomic mass is 10.2. The number of nitrogens with one attached hydrogen (secondary N) is 1. The van der Waals surface area contributed by atoms with E-state index in [0.29, 0.717) is 21.9 Å². The molecule has 8 nitrogen and oxygen atoms in total. The van der Waals surface area contributed by atoms with Crippen LogP contribution >= 0.6 is 27.5 Å². The van der Waals surface area contributed by atoms with Gasteiger partial charge >= 0.3 is 5.97 Å². The van der Waals surface area contributed by atoms with Crippen molar-refractivity contribution in [3.8, 4) is 0 Å². The number of hydrogen-bond donors (Lipinski definition) is 2. The third-order valence-corrected chi connectivity index (χ3v) is 4.36. The Bertz CT molecular complexity index is 968. The molecule has 0 aliphatic carbocycles. The largest absolute Gasteiger partial charge is 0.480 e. The molecule has 0 atom stereocenters. The molecule has 0 saturated carbocycles. The standard InChI is InChI=1S/C16H13BrClN5O3/c17-11-8-23(7-10-3-1-2-4-12(10)18)21-15(11)19-16(26)13-5-6-22(20-13)9-14(24)25/h1-6,8H,7,9H2,(H,24,25)(H,19,21,26). The maximum Gasteiger partial charge on any atom is 0.325 e. The predicted octanol–water partition coefficient (Wildman–Crippen LogP) is 2.88. The molecule has 2 aromatic heterocycles. The molecule has 0 fully saturated rings. The van der Waals surface area contributed by atoms with Gasteiger partial charge in [-0.15, -0.1) is 0 Å². The summed E-state index contributed by atoms with van der Waals surface area (Å²) >= 11 is 9.50. The van der Waals surface area contributed by atoms with Crippen LogP contribution < -0.4 is 5.32 Å². The minimum absolute atomic E-state index is 0.0961. The van der Waals surface area contributed by atoms with Gasteiger partial charge in [0.05, 0.1) is 11.0 Å². The number of carboxylic acid groups (broad SMARTS) is 1. The molecule has 3 rings (SSSR count). The van der Waals surface area contributed by atoms with Crippen molar-refractivity contribution in [2.45, 2.75) is 13.1 Å². The van der Waals surface area contributed by atoms with Gasteiger partial charge in [-0.1, -0.05) is 29.8 Å². The first-order valence-corrected chi connectivity index (χ1v) is 8.62. The summed E-state index contributed by atoms with van der Waals surface area (Å²) in [6.45, 7) is 0.130. The van der Waals surface area contributed by atoms with Crippen LogP contribution in [0.3, 0.4) is 0 Å². The molecule has 2 heterocycles. The number of aliphatic carboxylic acids is 1. The number of carbonyl (C=O) groups is 2. The average molecular weight is 439 g/mol. The number of hydrogen-bond acceptors (Lipinski definition) is 4. The van der Waals surface area contributed by atoms with Crippen LogP contribution in [-0.2, 0) is 17.9 Å². The van der Waals surface area contributed by atoms with Gasteiger partial charge in [-0.05, 0) is 33.6 Å². The van der Waals surface area contributed by atoms with Gasteiger partial charge in [0.2, 0.25) is 0 Å². The molecule has 0 aliphatic rings. The van der Waals surface area contributed by atoms with Crippen molar-refractivity contribution >= 4 is 45.2 Å². The van der Waals surface area contributed by atoms with E-state index in [1.807, 2.05) is 18.2 Å². The number of anilines is 1. The summed E-state index contributed by atoms with van der Waals surface area (Å²) in [6.07, 6.45) is 3.15. The third kappa shape index (κ3) is 4.30. The first-order valence-electron chi connectivity index (χ1n) is 7.45. The van der Waals surface area contributed by atoms with Crippen LogP contribution in [0.5, 0.6) is 0 Å². The van der Waals surface area contributed by atoms with Crippen LogP contribution in [0.4, 0.5) is 5.82 Å². The van der Waals surface area contributed by atoms with Gasteiger partial charge in [0, 0.05) is 17.4 Å². The van der Waals surface area contributed by atoms with Crippen LogP contribution in [0.15, 0.2) is 47.2 Å². The smallest absolute Gasteiger partial charge is 0.325 e. The van der Waals surface area contributed by atoms with E-state index in [1.165, 1.54) is 16.9 Å². The number of halogens is 2. The monoisotopic (exact) mass is 437 g/mol. The van der Waals surface area contributed by atoms with Crippen LogP contribution in [0.1, 0.15) is 16.1 Å². The number of carbonyl (C=O) groups excluding carboxylic acids is 1. The van der Waals surface area contributed by atoms with E-state index in [-0.39, 0.29) is 12.2 Å². The summed E-state index contributed by atoms with van der Waals surface area (Å²) < 4.78 is 3.41. The highest BCUT2D eigenvalue weighted by Crippen LogP contribution is 2.23. The lowest BCUT2D eigenvalue weighted by Gasteiger charge is -2.04. The van der Waals surface area contributed by atoms with E-state index >= 15 is 0 Å². The molecule has 0 bridgehead atoms. The fourth-order valence-electron chi connectivity index (χ4n) is 2.24. The molecule has 2 N–H and O–H groups in total. The maximum atomic E-state index is 12.3. The Morgan fingerprint density at radius 1 is 1.19 bits per heavy atom. The topological polar surface area (TPSA) is 102 Å². The highest BCUT2D eigenvalue weighted by Gasteiger charge is 2.15. The minimum atomic E-state index is -1.04. The van der Waals surface area contributed by atoms with Crippen molar-refractivity contribution in [1.29, 1.82) is 0 Å². The lowest BCUT2D eigenvalue weighted by Crippen LogP contribution is -2.15. The number of aromatic nitrogens is 4. The van der Waals surface area contributed by atoms with Gasteiger partial charge in [-0.2, -0.15) is 10.2 Å². The molecular formula is C16H13BrClN5O3. The second-order valence-electron chi connectivity index (χ2n) is 5.36. The Kier molecular flexibility index (Phi) is 5.38. The molecule has 0 radical (unpaired) electrons. The van der Waals surface area contributed by atoms with Crippen molar-refractivity contribution < 1.29 is 14.7 Å². The first kappa shape index (κ1) is 18.2. The molecule has 0 saturated heterocycles. The number of benzene rings is 1. The fraction of sp³-hybridized carbons (Fsp3) is 0.125. The molecule has 0 spiro atoms. The second kappa shape index (κ2) is 7.71. The number of amides is 1. The molecule has 26 heavy (non-hydrogen) atoms. The second-order valence-corrected chi connectivity index (χ2v) is 6.62. The summed E-state index contributed by atoms with van der Waals surface area (Å²) in [5.41, 5.74) is 0.994. The van der Waals surface area contributed by atoms with Gasteiger partial charge in [-0.25, -0.2) is 0 Å². The Morgan fingerprint density at radius 2 is 1.96 bits per heavy atom. The third-order valence-electron chi connectivity index (χ3n) is 3.41. The zero-order chi connectivity index (χ0) is 18.7. The van der Waals surface area contributed by atoms with Crippen molar-refractivity contribution in [2.24, 2.45) is 0 Å². The van der Waals surface area contributed by atoms with Crippen molar-refractivity contribution in [1.82, 2.24) is 19.6 Å². The average Bonchev–Trinajstić information content (AvgIpc) is 3.16. The number of nitrogens with zero attached hydrogens (tertiary/aromatic N) is 4. The van der Waals surface area contributed by atoms with Crippen molar-refractivity contribution in [3.05, 3.63) is 63.5 Å². The molecule has 3 aromatic rings. The summed E-state index contributed by atoms with van der Waals surface area (Å²) in [5, 5.41) is 20.2. The van der Waals surface area contributed by atoms with Crippen LogP contribution in [-0.4, -0.2) is 36.5 Å². The number of rotatable bonds is 6. The molecule has 134 valence electrons. The first-order chi connectivity index (χ1) is 12.4. The Labute approximate surface area is 161 Å². The highest BCUT2D eigenvalue weighted by molar-refractivity contribution is 9.10. The Balaban J connectivity index is 1.71. The van der Waals surface area contributed by atoms with E-state index in [9.17, 15) is 9.59 Å². The SMILES string of the molecule is O=C(O)Cn1ccc(C(=O)Nc2nn(Cc3ccccc3Cl)cc2Br)n1. The van der Waals surface area contributed by atoms with Crippen LogP contribution in [0.25, 0.3) is 0 Å². The Hall–Kier alpha value is -2.65. The number of carboxylic acids is 1. The normalized spacial score (nSPS) is 10.7. The molecule has 1 amide bonds. The van der Waals surface area contributed by atoms with Gasteiger partial charge in [0.25, 0.3) is 5.91 Å². The van der Waals surface area contributed by atoms with Crippen molar-refractivity contribution in [2.75, 3.05) is 5.32 Å². The zero-order valence-corrected chi connectivity index (χ0v) is 15.6. The summed E-state index contributed by atoms with van der Waals surface area (Å²) in [6, 6.07) is 8.86. The molecule has 0 aliphatic heterocycles. The van der Waals surface area contributed by atoms with E-state index in [0.717, 1.165) is 5.56 Å². The van der Waals surface area contributed by atoms with Gasteiger partial charge in [0.1, 0.15) is 6.54 Å². The van der Waals surface area contributed by atoms with Crippen molar-refractivity contribution in [3.63, 3.8) is 0 Å². The zero-order valence-electron chi connectivity index (χ0n) is 13.3. The molecule has 1 aromatic carbocycles. The summed E-state index contributed by atoms with van der Waals surface area (Å²) in [7, 11) is 0. The molecule has 10 heteroatoms. The van der Waals surface area contributed by atoms with Crippen LogP contribution in [0.2, 0.25) is 5.02 Å². The maximum absolute atomic E-state index is 12.3. The van der Waals surface area contributed by atoms with Gasteiger partial charge in [-0.3, -0.25) is 19.0 Å². The van der Waals surface area contributed by atoms with E-state index < -0.39 is 11.9 Å². The minimum Gasteiger partial charge on any atom is -0.480 e. The van der Waals surface area contributed by atoms with E-state index in [4.69, 9.17) is 16.7 Å². The van der Waals surface area contributed by atoms with E-state index in [1.54, 1.807) is 16.9 Å². The quantitative estimate of drug-likeness (QED) is 0.616. The lowest BCUT2D eigenvalue weighted by molar-refractivity contribution is -0.137. The van der Waals surface area contributed by atoms with Crippen LogP contribution in [0, 0.1) is 0 Å². The Morgan fingerprint density at radius 3 is 2.69 bits per heavy atom. The highest BCUT2D eigenvalue weighted by atomic mass is 79.9.